The third kappa shape index (κ3) is 1.43. The topological polar surface area (TPSA) is 18.5 Å². The van der Waals surface area contributed by atoms with Crippen LogP contribution in [0.5, 0.6) is 11.5 Å². The van der Waals surface area contributed by atoms with Crippen molar-refractivity contribution in [1.29, 1.82) is 0 Å². The van der Waals surface area contributed by atoms with Crippen molar-refractivity contribution in [3.8, 4) is 11.5 Å². The molecule has 1 aliphatic rings. The van der Waals surface area contributed by atoms with Gasteiger partial charge in [0.2, 0.25) is 6.79 Å². The molecule has 70 valence electrons. The van der Waals surface area contributed by atoms with Crippen LogP contribution in [0.15, 0.2) is 6.07 Å². The molecule has 0 amide bonds. The van der Waals surface area contributed by atoms with Crippen LogP contribution in [0, 0.1) is 0 Å². The number of ether oxygens (including phenoxy) is 2. The molecule has 0 aliphatic carbocycles. The van der Waals surface area contributed by atoms with Gasteiger partial charge < -0.3 is 9.47 Å². The van der Waals surface area contributed by atoms with Crippen LogP contribution in [-0.2, 0) is 5.88 Å². The molecule has 0 radical (unpaired) electrons. The van der Waals surface area contributed by atoms with Gasteiger partial charge in [-0.1, -0.05) is 23.2 Å². The summed E-state index contributed by atoms with van der Waals surface area (Å²) in [5.41, 5.74) is 0.675. The number of fused-ring (bicyclic) bond motifs is 1. The van der Waals surface area contributed by atoms with Gasteiger partial charge >= 0.3 is 0 Å². The van der Waals surface area contributed by atoms with Crippen molar-refractivity contribution < 1.29 is 9.47 Å². The van der Waals surface area contributed by atoms with Crippen molar-refractivity contribution in [3.63, 3.8) is 0 Å². The summed E-state index contributed by atoms with van der Waals surface area (Å²) in [7, 11) is 0. The fourth-order valence-electron chi connectivity index (χ4n) is 1.13. The zero-order chi connectivity index (χ0) is 9.42. The molecule has 0 saturated carbocycles. The lowest BCUT2D eigenvalue weighted by atomic mass is 10.2. The average molecular weight is 239 g/mol. The molecule has 0 unspecified atom stereocenters. The molecule has 2 nitrogen and oxygen atoms in total. The maximum absolute atomic E-state index is 5.99. The molecule has 1 aromatic carbocycles. The van der Waals surface area contributed by atoms with Crippen LogP contribution in [-0.4, -0.2) is 6.79 Å². The van der Waals surface area contributed by atoms with Crippen LogP contribution in [0.3, 0.4) is 0 Å². The molecule has 0 N–H and O–H groups in total. The molecular weight excluding hydrogens is 234 g/mol. The third-order valence-electron chi connectivity index (χ3n) is 1.79. The lowest BCUT2D eigenvalue weighted by Gasteiger charge is -2.05. The number of hydrogen-bond acceptors (Lipinski definition) is 2. The highest BCUT2D eigenvalue weighted by Gasteiger charge is 2.21. The van der Waals surface area contributed by atoms with Gasteiger partial charge in [-0.2, -0.15) is 0 Å². The van der Waals surface area contributed by atoms with Gasteiger partial charge in [-0.15, -0.1) is 11.6 Å². The van der Waals surface area contributed by atoms with E-state index in [4.69, 9.17) is 44.3 Å². The van der Waals surface area contributed by atoms with E-state index < -0.39 is 0 Å². The van der Waals surface area contributed by atoms with E-state index in [0.717, 1.165) is 0 Å². The Hall–Kier alpha value is -0.310. The molecule has 0 fully saturated rings. The summed E-state index contributed by atoms with van der Waals surface area (Å²) in [6, 6.07) is 1.66. The summed E-state index contributed by atoms with van der Waals surface area (Å²) >= 11 is 17.6. The molecule has 0 bridgehead atoms. The monoisotopic (exact) mass is 238 g/mol. The van der Waals surface area contributed by atoms with Crippen molar-refractivity contribution in [1.82, 2.24) is 0 Å². The van der Waals surface area contributed by atoms with Gasteiger partial charge in [-0.25, -0.2) is 0 Å². The van der Waals surface area contributed by atoms with E-state index >= 15 is 0 Å². The van der Waals surface area contributed by atoms with E-state index in [2.05, 4.69) is 0 Å². The van der Waals surface area contributed by atoms with Crippen molar-refractivity contribution >= 4 is 34.8 Å². The highest BCUT2D eigenvalue weighted by molar-refractivity contribution is 6.38. The number of benzene rings is 1. The molecule has 0 atom stereocenters. The smallest absolute Gasteiger partial charge is 0.231 e. The summed E-state index contributed by atoms with van der Waals surface area (Å²) in [6.45, 7) is 0.178. The van der Waals surface area contributed by atoms with Crippen LogP contribution >= 0.6 is 34.8 Å². The Morgan fingerprint density at radius 3 is 2.77 bits per heavy atom. The van der Waals surface area contributed by atoms with Gasteiger partial charge in [0.15, 0.2) is 11.5 Å². The molecular formula is C8H5Cl3O2. The van der Waals surface area contributed by atoms with Gasteiger partial charge in [-0.3, -0.25) is 0 Å². The second-order valence-corrected chi connectivity index (χ2v) is 3.57. The number of hydrogen-bond donors (Lipinski definition) is 0. The van der Waals surface area contributed by atoms with Gasteiger partial charge in [0, 0.05) is 11.6 Å². The van der Waals surface area contributed by atoms with E-state index in [0.29, 0.717) is 27.1 Å². The first-order chi connectivity index (χ1) is 6.24. The quantitative estimate of drug-likeness (QED) is 0.699. The SMILES string of the molecule is ClCc1c(Cl)cc2c(c1Cl)OCO2. The van der Waals surface area contributed by atoms with Gasteiger partial charge in [0.05, 0.1) is 15.9 Å². The fraction of sp³-hybridized carbons (Fsp3) is 0.250. The van der Waals surface area contributed by atoms with Gasteiger partial charge in [0.25, 0.3) is 0 Å². The molecule has 1 heterocycles. The first kappa shape index (κ1) is 9.25. The standard InChI is InChI=1S/C8H5Cl3O2/c9-2-4-5(10)1-6-8(7(4)11)13-3-12-6/h1H,2-3H2. The predicted octanol–water partition coefficient (Wildman–Crippen LogP) is 3.46. The maximum Gasteiger partial charge on any atom is 0.231 e. The van der Waals surface area contributed by atoms with Crippen LogP contribution in [0.4, 0.5) is 0 Å². The summed E-state index contributed by atoms with van der Waals surface area (Å²) in [6.07, 6.45) is 0. The minimum absolute atomic E-state index is 0.178. The zero-order valence-electron chi connectivity index (χ0n) is 6.44. The highest BCUT2D eigenvalue weighted by Crippen LogP contribution is 2.44. The van der Waals surface area contributed by atoms with Crippen LogP contribution in [0.2, 0.25) is 10.0 Å². The highest BCUT2D eigenvalue weighted by atomic mass is 35.5. The molecule has 1 aliphatic heterocycles. The second kappa shape index (κ2) is 3.45. The van der Waals surface area contributed by atoms with E-state index in [1.54, 1.807) is 6.07 Å². The van der Waals surface area contributed by atoms with Crippen molar-refractivity contribution in [2.75, 3.05) is 6.79 Å². The summed E-state index contributed by atoms with van der Waals surface area (Å²) in [5.74, 6) is 1.36. The Morgan fingerprint density at radius 2 is 2.08 bits per heavy atom. The zero-order valence-corrected chi connectivity index (χ0v) is 8.71. The maximum atomic E-state index is 5.99. The number of rotatable bonds is 1. The fourth-order valence-corrected chi connectivity index (χ4v) is 2.17. The second-order valence-electron chi connectivity index (χ2n) is 2.52. The van der Waals surface area contributed by atoms with E-state index in [1.165, 1.54) is 0 Å². The van der Waals surface area contributed by atoms with E-state index in [-0.39, 0.29) is 12.7 Å². The number of halogens is 3. The molecule has 13 heavy (non-hydrogen) atoms. The Labute approximate surface area is 90.3 Å². The Morgan fingerprint density at radius 1 is 1.31 bits per heavy atom. The minimum Gasteiger partial charge on any atom is -0.453 e. The Bertz CT molecular complexity index is 348. The van der Waals surface area contributed by atoms with Gasteiger partial charge in [0.1, 0.15) is 0 Å². The lowest BCUT2D eigenvalue weighted by molar-refractivity contribution is 0.174. The lowest BCUT2D eigenvalue weighted by Crippen LogP contribution is -1.93. The first-order valence-electron chi connectivity index (χ1n) is 3.56. The first-order valence-corrected chi connectivity index (χ1v) is 4.85. The molecule has 1 aromatic rings. The summed E-state index contributed by atoms with van der Waals surface area (Å²) in [5, 5.41) is 0.944. The predicted molar refractivity (Wildman–Crippen MR) is 52.1 cm³/mol. The third-order valence-corrected chi connectivity index (χ3v) is 2.79. The Balaban J connectivity index is 2.62. The van der Waals surface area contributed by atoms with Crippen molar-refractivity contribution in [2.24, 2.45) is 0 Å². The number of alkyl halides is 1. The molecule has 0 spiro atoms. The van der Waals surface area contributed by atoms with Crippen molar-refractivity contribution in [2.45, 2.75) is 5.88 Å². The van der Waals surface area contributed by atoms with Crippen LogP contribution in [0.1, 0.15) is 5.56 Å². The van der Waals surface area contributed by atoms with Crippen LogP contribution in [0.25, 0.3) is 0 Å². The largest absolute Gasteiger partial charge is 0.453 e. The van der Waals surface area contributed by atoms with Crippen LogP contribution < -0.4 is 9.47 Å². The minimum atomic E-state index is 0.178. The molecule has 0 aromatic heterocycles. The Kier molecular flexibility index (Phi) is 2.45. The van der Waals surface area contributed by atoms with E-state index in [9.17, 15) is 0 Å². The average Bonchev–Trinajstić information content (AvgIpc) is 2.53. The molecule has 2 rings (SSSR count). The molecule has 5 heteroatoms. The van der Waals surface area contributed by atoms with Crippen molar-refractivity contribution in [3.05, 3.63) is 21.7 Å². The summed E-state index contributed by atoms with van der Waals surface area (Å²) in [4.78, 5) is 0. The normalized spacial score (nSPS) is 13.5. The summed E-state index contributed by atoms with van der Waals surface area (Å²) < 4.78 is 10.3. The van der Waals surface area contributed by atoms with Gasteiger partial charge in [-0.05, 0) is 0 Å². The molecule has 0 saturated heterocycles. The van der Waals surface area contributed by atoms with E-state index in [1.807, 2.05) is 0 Å².